The maximum atomic E-state index is 0. The van der Waals surface area contributed by atoms with E-state index in [0.29, 0.717) is 0 Å². The molecule has 5 heteroatoms. The van der Waals surface area contributed by atoms with Crippen LogP contribution in [-0.4, -0.2) is 0 Å². The molecule has 0 amide bonds. The average molecular weight is 280 g/mol. The molecule has 0 nitrogen and oxygen atoms in total. The van der Waals surface area contributed by atoms with Crippen molar-refractivity contribution in [2.45, 2.75) is 0 Å². The molecular formula is CoCr2Ni2. The van der Waals surface area contributed by atoms with Crippen LogP contribution in [0.25, 0.3) is 0 Å². The molecule has 0 rings (SSSR count). The third-order valence-electron chi connectivity index (χ3n) is 0. The normalized spacial score (nSPS) is 0. The summed E-state index contributed by atoms with van der Waals surface area (Å²) in [5.74, 6) is 0. The van der Waals surface area contributed by atoms with Crippen LogP contribution in [0, 0.1) is 0 Å². The van der Waals surface area contributed by atoms with Crippen LogP contribution in [0.15, 0.2) is 0 Å². The van der Waals surface area contributed by atoms with Gasteiger partial charge < -0.3 is 0 Å². The van der Waals surface area contributed by atoms with Gasteiger partial charge in [-0.05, 0) is 0 Å². The molecule has 0 aliphatic rings. The Morgan fingerprint density at radius 2 is 0.600 bits per heavy atom. The molecule has 41 valence electrons. The minimum atomic E-state index is 0. The minimum Gasteiger partial charge on any atom is 0 e. The van der Waals surface area contributed by atoms with Crippen LogP contribution in [0.2, 0.25) is 0 Å². The molecule has 0 aliphatic heterocycles. The summed E-state index contributed by atoms with van der Waals surface area (Å²) in [6.07, 6.45) is 0. The molecule has 0 saturated heterocycles. The number of hydrogen-bond acceptors (Lipinski definition) is 0. The quantitative estimate of drug-likeness (QED) is 0.548. The van der Waals surface area contributed by atoms with Gasteiger partial charge in [0.2, 0.25) is 0 Å². The second-order valence-electron chi connectivity index (χ2n) is 0. The molecular weight excluding hydrogens is 280 g/mol. The smallest absolute Gasteiger partial charge is 0 e. The first kappa shape index (κ1) is 49.7. The Morgan fingerprint density at radius 3 is 0.600 bits per heavy atom. The fourth-order valence-corrected chi connectivity index (χ4v) is 0. The first-order valence-electron chi connectivity index (χ1n) is 0. The van der Waals surface area contributed by atoms with Gasteiger partial charge >= 0.3 is 0 Å². The van der Waals surface area contributed by atoms with Crippen LogP contribution in [0.5, 0.6) is 0 Å². The maximum Gasteiger partial charge on any atom is 0 e. The van der Waals surface area contributed by atoms with E-state index in [1.54, 1.807) is 0 Å². The molecule has 0 unspecified atom stereocenters. The van der Waals surface area contributed by atoms with Crippen molar-refractivity contribution >= 4 is 0 Å². The second-order valence-corrected chi connectivity index (χ2v) is 0. The van der Waals surface area contributed by atoms with Gasteiger partial charge in [0.05, 0.1) is 0 Å². The van der Waals surface area contributed by atoms with E-state index < -0.39 is 0 Å². The molecule has 5 heavy (non-hydrogen) atoms. The summed E-state index contributed by atoms with van der Waals surface area (Å²) < 4.78 is 0. The molecule has 0 aromatic heterocycles. The first-order chi connectivity index (χ1) is 0. The maximum absolute atomic E-state index is 0. The number of rotatable bonds is 0. The van der Waals surface area contributed by atoms with Crippen molar-refractivity contribution in [3.63, 3.8) is 0 Å². The van der Waals surface area contributed by atoms with E-state index in [1.807, 2.05) is 0 Å². The SMILES string of the molecule is [Co].[Cr].[Cr].[Ni].[Ni]. The third-order valence-corrected chi connectivity index (χ3v) is 0. The molecule has 1 radical (unpaired) electrons. The van der Waals surface area contributed by atoms with Crippen LogP contribution >= 0.6 is 0 Å². The molecule has 0 saturated carbocycles. The van der Waals surface area contributed by atoms with Gasteiger partial charge in [0.25, 0.3) is 0 Å². The van der Waals surface area contributed by atoms with Crippen molar-refractivity contribution in [3.8, 4) is 0 Å². The van der Waals surface area contributed by atoms with E-state index in [2.05, 4.69) is 0 Å². The van der Waals surface area contributed by atoms with E-state index in [4.69, 9.17) is 0 Å². The van der Waals surface area contributed by atoms with Crippen molar-refractivity contribution in [2.75, 3.05) is 0 Å². The first-order valence-corrected chi connectivity index (χ1v) is 0. The van der Waals surface area contributed by atoms with E-state index in [1.165, 1.54) is 0 Å². The van der Waals surface area contributed by atoms with Crippen LogP contribution in [0.4, 0.5) is 0 Å². The van der Waals surface area contributed by atoms with Crippen LogP contribution in [0.1, 0.15) is 0 Å². The van der Waals surface area contributed by atoms with Gasteiger partial charge in [-0.2, -0.15) is 0 Å². The fraction of sp³-hybridized carbons (Fsp3) is 0. The summed E-state index contributed by atoms with van der Waals surface area (Å²) in [6, 6.07) is 0. The monoisotopic (exact) mass is 279 g/mol. The fourth-order valence-electron chi connectivity index (χ4n) is 0. The van der Waals surface area contributed by atoms with E-state index >= 15 is 0 Å². The van der Waals surface area contributed by atoms with Gasteiger partial charge in [-0.1, -0.05) is 0 Å². The Bertz CT molecular complexity index is 7.61. The Hall–Kier alpha value is 2.56. The van der Waals surface area contributed by atoms with Gasteiger partial charge in [-0.3, -0.25) is 0 Å². The van der Waals surface area contributed by atoms with Crippen molar-refractivity contribution in [1.82, 2.24) is 0 Å². The Labute approximate surface area is 83.5 Å². The van der Waals surface area contributed by atoms with Gasteiger partial charge in [-0.15, -0.1) is 0 Å². The van der Waals surface area contributed by atoms with Gasteiger partial charge in [0.15, 0.2) is 0 Å². The van der Waals surface area contributed by atoms with E-state index in [9.17, 15) is 0 Å². The van der Waals surface area contributed by atoms with E-state index in [-0.39, 0.29) is 84.5 Å². The minimum absolute atomic E-state index is 0. The van der Waals surface area contributed by atoms with Crippen LogP contribution in [0.3, 0.4) is 0 Å². The summed E-state index contributed by atoms with van der Waals surface area (Å²) in [5.41, 5.74) is 0. The standard InChI is InChI=1S/Co.2Cr.2Ni. The molecule has 0 fully saturated rings. The average Bonchev–Trinajstić information content (AvgIpc) is 0. The molecule has 0 atom stereocenters. The van der Waals surface area contributed by atoms with Crippen molar-refractivity contribution in [1.29, 1.82) is 0 Å². The summed E-state index contributed by atoms with van der Waals surface area (Å²) in [7, 11) is 0. The van der Waals surface area contributed by atoms with Gasteiger partial charge in [0.1, 0.15) is 0 Å². The molecule has 0 aromatic rings. The Morgan fingerprint density at radius 1 is 0.600 bits per heavy atom. The molecule has 0 bridgehead atoms. The third kappa shape index (κ3) is 20.8. The summed E-state index contributed by atoms with van der Waals surface area (Å²) in [6.45, 7) is 0. The van der Waals surface area contributed by atoms with Gasteiger partial charge in [0, 0.05) is 84.5 Å². The molecule has 0 spiro atoms. The zero-order valence-electron chi connectivity index (χ0n) is 1.78. The van der Waals surface area contributed by atoms with E-state index in [0.717, 1.165) is 0 Å². The largest absolute Gasteiger partial charge is 0 e. The van der Waals surface area contributed by atoms with Crippen molar-refractivity contribution < 1.29 is 84.5 Å². The zero-order valence-corrected chi connectivity index (χ0v) is 7.35. The topological polar surface area (TPSA) is 0 Å². The Kier molecular flexibility index (Phi) is 308. The van der Waals surface area contributed by atoms with Gasteiger partial charge in [-0.25, -0.2) is 0 Å². The summed E-state index contributed by atoms with van der Waals surface area (Å²) in [4.78, 5) is 0. The molecule has 0 aromatic carbocycles. The summed E-state index contributed by atoms with van der Waals surface area (Å²) in [5, 5.41) is 0. The predicted molar refractivity (Wildman–Crippen MR) is 0 cm³/mol. The summed E-state index contributed by atoms with van der Waals surface area (Å²) >= 11 is 0. The van der Waals surface area contributed by atoms with Crippen LogP contribution < -0.4 is 0 Å². The number of hydrogen-bond donors (Lipinski definition) is 0. The van der Waals surface area contributed by atoms with Crippen LogP contribution in [-0.2, 0) is 84.5 Å². The molecule has 0 N–H and O–H groups in total. The second kappa shape index (κ2) is 31.0. The van der Waals surface area contributed by atoms with Crippen molar-refractivity contribution in [2.24, 2.45) is 0 Å². The zero-order chi connectivity index (χ0) is 0. The molecule has 0 heterocycles. The van der Waals surface area contributed by atoms with Crippen molar-refractivity contribution in [3.05, 3.63) is 0 Å². The molecule has 0 aliphatic carbocycles. The predicted octanol–water partition coefficient (Wildman–Crippen LogP) is -0.0125. The Balaban J connectivity index is 0.